The van der Waals surface area contributed by atoms with Crippen molar-refractivity contribution in [1.29, 1.82) is 0 Å². The van der Waals surface area contributed by atoms with Gasteiger partial charge in [0.1, 0.15) is 6.04 Å². The second-order valence-electron chi connectivity index (χ2n) is 3.91. The number of hydrogen-bond acceptors (Lipinski definition) is 4. The highest BCUT2D eigenvalue weighted by Gasteiger charge is 2.19. The molecule has 0 rings (SSSR count). The summed E-state index contributed by atoms with van der Waals surface area (Å²) in [6.07, 6.45) is 1.92. The molecule has 0 saturated heterocycles. The molecule has 0 unspecified atom stereocenters. The first-order valence-electron chi connectivity index (χ1n) is 6.19. The van der Waals surface area contributed by atoms with Gasteiger partial charge in [0.25, 0.3) is 0 Å². The van der Waals surface area contributed by atoms with Crippen LogP contribution in [0.3, 0.4) is 0 Å². The Balaban J connectivity index is 4.02. The van der Waals surface area contributed by atoms with E-state index >= 15 is 0 Å². The first-order valence-corrected chi connectivity index (χ1v) is 6.19. The number of carbonyl (C=O) groups is 3. The van der Waals surface area contributed by atoms with Gasteiger partial charge in [-0.1, -0.05) is 19.8 Å². The zero-order valence-corrected chi connectivity index (χ0v) is 10.9. The maximum absolute atomic E-state index is 11.4. The second kappa shape index (κ2) is 9.44. The summed E-state index contributed by atoms with van der Waals surface area (Å²) in [7, 11) is 0. The Labute approximate surface area is 107 Å². The van der Waals surface area contributed by atoms with Crippen molar-refractivity contribution in [3.8, 4) is 0 Å². The lowest BCUT2D eigenvalue weighted by molar-refractivity contribution is -0.145. The predicted octanol–water partition coefficient (Wildman–Crippen LogP) is 1.09. The van der Waals surface area contributed by atoms with E-state index in [0.29, 0.717) is 6.42 Å². The number of amides is 1. The summed E-state index contributed by atoms with van der Waals surface area (Å²) in [5.74, 6) is -1.94. The molecule has 6 heteroatoms. The van der Waals surface area contributed by atoms with E-state index in [1.54, 1.807) is 6.92 Å². The van der Waals surface area contributed by atoms with Crippen molar-refractivity contribution < 1.29 is 24.2 Å². The first-order chi connectivity index (χ1) is 8.51. The first kappa shape index (κ1) is 16.4. The molecule has 18 heavy (non-hydrogen) atoms. The highest BCUT2D eigenvalue weighted by molar-refractivity contribution is 5.85. The van der Waals surface area contributed by atoms with Crippen LogP contribution in [0.25, 0.3) is 0 Å². The lowest BCUT2D eigenvalue weighted by atomic mass is 10.1. The van der Waals surface area contributed by atoms with Gasteiger partial charge < -0.3 is 15.2 Å². The predicted molar refractivity (Wildman–Crippen MR) is 65.0 cm³/mol. The van der Waals surface area contributed by atoms with Crippen LogP contribution >= 0.6 is 0 Å². The summed E-state index contributed by atoms with van der Waals surface area (Å²) in [5, 5.41) is 11.3. The van der Waals surface area contributed by atoms with Crippen molar-refractivity contribution in [2.45, 2.75) is 52.0 Å². The molecule has 0 aromatic heterocycles. The zero-order valence-electron chi connectivity index (χ0n) is 10.9. The van der Waals surface area contributed by atoms with Crippen molar-refractivity contribution in [2.75, 3.05) is 6.61 Å². The largest absolute Gasteiger partial charge is 0.480 e. The molecular weight excluding hydrogens is 238 g/mol. The number of carboxylic acids is 1. The molecule has 1 atom stereocenters. The van der Waals surface area contributed by atoms with Crippen molar-refractivity contribution >= 4 is 17.8 Å². The third-order valence-electron chi connectivity index (χ3n) is 2.34. The maximum atomic E-state index is 11.4. The van der Waals surface area contributed by atoms with Gasteiger partial charge in [0.2, 0.25) is 5.91 Å². The molecular formula is C12H21NO5. The molecule has 0 aromatic carbocycles. The molecule has 0 heterocycles. The molecule has 0 saturated carbocycles. The van der Waals surface area contributed by atoms with Gasteiger partial charge in [0.15, 0.2) is 0 Å². The third kappa shape index (κ3) is 7.65. The van der Waals surface area contributed by atoms with Crippen LogP contribution in [-0.4, -0.2) is 35.6 Å². The molecule has 1 amide bonds. The molecule has 6 nitrogen and oxygen atoms in total. The Morgan fingerprint density at radius 1 is 1.22 bits per heavy atom. The fraction of sp³-hybridized carbons (Fsp3) is 0.750. The molecule has 104 valence electrons. The maximum Gasteiger partial charge on any atom is 0.326 e. The topological polar surface area (TPSA) is 92.7 Å². The fourth-order valence-electron chi connectivity index (χ4n) is 1.38. The number of ether oxygens (including phenoxy) is 1. The Bertz CT molecular complexity index is 290. The Kier molecular flexibility index (Phi) is 8.61. The summed E-state index contributed by atoms with van der Waals surface area (Å²) in [6.45, 7) is 3.90. The van der Waals surface area contributed by atoms with E-state index in [-0.39, 0.29) is 19.4 Å². The molecule has 0 aliphatic heterocycles. The molecule has 0 aliphatic carbocycles. The molecule has 0 aromatic rings. The van der Waals surface area contributed by atoms with E-state index in [1.807, 2.05) is 6.92 Å². The molecule has 0 aliphatic rings. The van der Waals surface area contributed by atoms with Gasteiger partial charge in [-0.15, -0.1) is 0 Å². The molecule has 0 radical (unpaired) electrons. The number of nitrogens with one attached hydrogen (secondary N) is 1. The van der Waals surface area contributed by atoms with Crippen LogP contribution < -0.4 is 5.32 Å². The van der Waals surface area contributed by atoms with Gasteiger partial charge in [-0.05, 0) is 13.3 Å². The van der Waals surface area contributed by atoms with Crippen molar-refractivity contribution in [2.24, 2.45) is 0 Å². The Hall–Kier alpha value is -1.59. The van der Waals surface area contributed by atoms with Crippen molar-refractivity contribution in [1.82, 2.24) is 5.32 Å². The van der Waals surface area contributed by atoms with Crippen LogP contribution in [-0.2, 0) is 19.1 Å². The number of rotatable bonds is 9. The van der Waals surface area contributed by atoms with E-state index in [2.05, 4.69) is 10.1 Å². The van der Waals surface area contributed by atoms with Crippen LogP contribution in [0.5, 0.6) is 0 Å². The molecule has 2 N–H and O–H groups in total. The summed E-state index contributed by atoms with van der Waals surface area (Å²) < 4.78 is 4.67. The number of hydrogen-bond donors (Lipinski definition) is 2. The summed E-state index contributed by atoms with van der Waals surface area (Å²) in [4.78, 5) is 33.3. The van der Waals surface area contributed by atoms with Gasteiger partial charge in [0, 0.05) is 6.42 Å². The summed E-state index contributed by atoms with van der Waals surface area (Å²) in [5.41, 5.74) is 0. The Morgan fingerprint density at radius 2 is 1.89 bits per heavy atom. The van der Waals surface area contributed by atoms with E-state index < -0.39 is 23.9 Å². The number of carboxylic acid groups (broad SMARTS) is 1. The van der Waals surface area contributed by atoms with Gasteiger partial charge in [0.05, 0.1) is 13.0 Å². The standard InChI is InChI=1S/C12H21NO5/c1-3-5-6-9(12(16)17)13-10(14)7-8-11(15)18-4-2/h9H,3-8H2,1-2H3,(H,13,14)(H,16,17)/t9-/m0/s1. The van der Waals surface area contributed by atoms with Gasteiger partial charge in [-0.2, -0.15) is 0 Å². The average molecular weight is 259 g/mol. The summed E-state index contributed by atoms with van der Waals surface area (Å²) >= 11 is 0. The van der Waals surface area contributed by atoms with Crippen molar-refractivity contribution in [3.05, 3.63) is 0 Å². The van der Waals surface area contributed by atoms with Crippen LogP contribution in [0, 0.1) is 0 Å². The van der Waals surface area contributed by atoms with Crippen LogP contribution in [0.4, 0.5) is 0 Å². The quantitative estimate of drug-likeness (QED) is 0.605. The third-order valence-corrected chi connectivity index (χ3v) is 2.34. The Morgan fingerprint density at radius 3 is 2.39 bits per heavy atom. The van der Waals surface area contributed by atoms with E-state index in [1.165, 1.54) is 0 Å². The SMILES string of the molecule is CCCC[C@H](NC(=O)CCC(=O)OCC)C(=O)O. The van der Waals surface area contributed by atoms with Gasteiger partial charge >= 0.3 is 11.9 Å². The van der Waals surface area contributed by atoms with E-state index in [0.717, 1.165) is 12.8 Å². The molecule has 0 fully saturated rings. The lowest BCUT2D eigenvalue weighted by Crippen LogP contribution is -2.40. The smallest absolute Gasteiger partial charge is 0.326 e. The normalized spacial score (nSPS) is 11.7. The van der Waals surface area contributed by atoms with Gasteiger partial charge in [-0.3, -0.25) is 9.59 Å². The van der Waals surface area contributed by atoms with Crippen LogP contribution in [0.2, 0.25) is 0 Å². The van der Waals surface area contributed by atoms with E-state index in [4.69, 9.17) is 5.11 Å². The monoisotopic (exact) mass is 259 g/mol. The highest BCUT2D eigenvalue weighted by atomic mass is 16.5. The van der Waals surface area contributed by atoms with E-state index in [9.17, 15) is 14.4 Å². The highest BCUT2D eigenvalue weighted by Crippen LogP contribution is 2.02. The van der Waals surface area contributed by atoms with Crippen molar-refractivity contribution in [3.63, 3.8) is 0 Å². The molecule has 0 bridgehead atoms. The minimum atomic E-state index is -1.05. The fourth-order valence-corrected chi connectivity index (χ4v) is 1.38. The average Bonchev–Trinajstić information content (AvgIpc) is 2.32. The number of aliphatic carboxylic acids is 1. The lowest BCUT2D eigenvalue weighted by Gasteiger charge is -2.13. The minimum absolute atomic E-state index is 0.0280. The van der Waals surface area contributed by atoms with Crippen LogP contribution in [0.15, 0.2) is 0 Å². The zero-order chi connectivity index (χ0) is 14.0. The van der Waals surface area contributed by atoms with Gasteiger partial charge in [-0.25, -0.2) is 4.79 Å². The summed E-state index contributed by atoms with van der Waals surface area (Å²) in [6, 6.07) is -0.875. The number of carbonyl (C=O) groups excluding carboxylic acids is 2. The minimum Gasteiger partial charge on any atom is -0.480 e. The number of esters is 1. The number of unbranched alkanes of at least 4 members (excludes halogenated alkanes) is 1. The second-order valence-corrected chi connectivity index (χ2v) is 3.91. The van der Waals surface area contributed by atoms with Crippen LogP contribution in [0.1, 0.15) is 46.0 Å². The molecule has 0 spiro atoms.